The summed E-state index contributed by atoms with van der Waals surface area (Å²) in [7, 11) is 4.24. The van der Waals surface area contributed by atoms with Gasteiger partial charge in [-0.2, -0.15) is 0 Å². The van der Waals surface area contributed by atoms with Crippen LogP contribution >= 0.6 is 0 Å². The van der Waals surface area contributed by atoms with Crippen molar-refractivity contribution in [2.75, 3.05) is 27.2 Å². The molecule has 0 aromatic rings. The molecule has 0 aromatic carbocycles. The number of hydrogen-bond donors (Lipinski definition) is 0. The van der Waals surface area contributed by atoms with Gasteiger partial charge in [0.1, 0.15) is 0 Å². The summed E-state index contributed by atoms with van der Waals surface area (Å²) in [5.74, 6) is 0.281. The molecule has 13 heavy (non-hydrogen) atoms. The highest BCUT2D eigenvalue weighted by Crippen LogP contribution is 2.25. The van der Waals surface area contributed by atoms with Gasteiger partial charge in [0.15, 0.2) is 5.78 Å². The van der Waals surface area contributed by atoms with E-state index in [1.807, 2.05) is 0 Å². The molecule has 0 saturated carbocycles. The Morgan fingerprint density at radius 1 is 1.54 bits per heavy atom. The lowest BCUT2D eigenvalue weighted by molar-refractivity contribution is -0.116. The van der Waals surface area contributed by atoms with Crippen molar-refractivity contribution < 1.29 is 4.79 Å². The monoisotopic (exact) mass is 180 g/mol. The minimum absolute atomic E-state index is 0.281. The van der Waals surface area contributed by atoms with Gasteiger partial charge in [-0.05, 0) is 20.5 Å². The van der Waals surface area contributed by atoms with E-state index in [0.717, 1.165) is 13.1 Å². The van der Waals surface area contributed by atoms with Crippen LogP contribution in [-0.2, 0) is 4.79 Å². The summed E-state index contributed by atoms with van der Waals surface area (Å²) in [6, 6.07) is 0.664. The zero-order valence-electron chi connectivity index (χ0n) is 8.29. The summed E-state index contributed by atoms with van der Waals surface area (Å²) >= 11 is 0. The average Bonchev–Trinajstić information content (AvgIpc) is 2.46. The smallest absolute Gasteiger partial charge is 0.163 e. The summed E-state index contributed by atoms with van der Waals surface area (Å²) in [6.45, 7) is 2.20. The molecule has 1 aliphatic carbocycles. The molecule has 1 aliphatic heterocycles. The second kappa shape index (κ2) is 3.14. The van der Waals surface area contributed by atoms with Crippen LogP contribution in [0.25, 0.3) is 0 Å². The third kappa shape index (κ3) is 1.61. The first-order valence-electron chi connectivity index (χ1n) is 4.81. The third-order valence-corrected chi connectivity index (χ3v) is 2.98. The van der Waals surface area contributed by atoms with Gasteiger partial charge in [0, 0.05) is 30.9 Å². The number of carbonyl (C=O) groups is 1. The SMILES string of the molecule is CN(C)[C@@H]1CCN(C2=CC(=O)C2)C1. The van der Waals surface area contributed by atoms with Gasteiger partial charge >= 0.3 is 0 Å². The molecule has 1 heterocycles. The van der Waals surface area contributed by atoms with E-state index in [9.17, 15) is 4.79 Å². The molecular weight excluding hydrogens is 164 g/mol. The molecule has 2 rings (SSSR count). The van der Waals surface area contributed by atoms with Crippen molar-refractivity contribution >= 4 is 5.78 Å². The van der Waals surface area contributed by atoms with E-state index < -0.39 is 0 Å². The first-order chi connectivity index (χ1) is 6.16. The quantitative estimate of drug-likeness (QED) is 0.617. The molecule has 2 aliphatic rings. The first-order valence-corrected chi connectivity index (χ1v) is 4.81. The lowest BCUT2D eigenvalue weighted by Gasteiger charge is -2.27. The molecular formula is C10H16N2O. The topological polar surface area (TPSA) is 23.6 Å². The largest absolute Gasteiger partial charge is 0.373 e. The molecule has 3 heteroatoms. The van der Waals surface area contributed by atoms with Crippen LogP contribution in [0.3, 0.4) is 0 Å². The molecule has 0 amide bonds. The number of likely N-dealkylation sites (tertiary alicyclic amines) is 1. The predicted octanol–water partition coefficient (Wildman–Crippen LogP) is 0.479. The van der Waals surface area contributed by atoms with E-state index in [2.05, 4.69) is 23.9 Å². The van der Waals surface area contributed by atoms with Crippen molar-refractivity contribution in [3.8, 4) is 0 Å². The van der Waals surface area contributed by atoms with E-state index in [1.54, 1.807) is 6.08 Å². The van der Waals surface area contributed by atoms with Crippen molar-refractivity contribution in [1.82, 2.24) is 9.80 Å². The predicted molar refractivity (Wildman–Crippen MR) is 51.4 cm³/mol. The molecule has 1 saturated heterocycles. The number of ketones is 1. The molecule has 3 nitrogen and oxygen atoms in total. The van der Waals surface area contributed by atoms with E-state index in [-0.39, 0.29) is 5.78 Å². The van der Waals surface area contributed by atoms with Crippen molar-refractivity contribution in [2.45, 2.75) is 18.9 Å². The van der Waals surface area contributed by atoms with Gasteiger partial charge in [-0.3, -0.25) is 4.79 Å². The van der Waals surface area contributed by atoms with Crippen molar-refractivity contribution in [3.05, 3.63) is 11.8 Å². The van der Waals surface area contributed by atoms with Gasteiger partial charge in [-0.25, -0.2) is 0 Å². The fourth-order valence-corrected chi connectivity index (χ4v) is 1.96. The van der Waals surface area contributed by atoms with Crippen LogP contribution in [0.5, 0.6) is 0 Å². The molecule has 72 valence electrons. The number of hydrogen-bond acceptors (Lipinski definition) is 3. The lowest BCUT2D eigenvalue weighted by Crippen LogP contribution is -2.33. The van der Waals surface area contributed by atoms with Gasteiger partial charge < -0.3 is 9.80 Å². The minimum Gasteiger partial charge on any atom is -0.373 e. The Kier molecular flexibility index (Phi) is 2.12. The molecule has 0 bridgehead atoms. The maximum Gasteiger partial charge on any atom is 0.163 e. The number of likely N-dealkylation sites (N-methyl/N-ethyl adjacent to an activating group) is 1. The Balaban J connectivity index is 1.92. The first kappa shape index (κ1) is 8.75. The lowest BCUT2D eigenvalue weighted by atomic mass is 10.0. The Labute approximate surface area is 79.0 Å². The van der Waals surface area contributed by atoms with Crippen molar-refractivity contribution in [2.24, 2.45) is 0 Å². The van der Waals surface area contributed by atoms with Crippen LogP contribution in [0.15, 0.2) is 11.8 Å². The second-order valence-corrected chi connectivity index (χ2v) is 4.13. The summed E-state index contributed by atoms with van der Waals surface area (Å²) in [5, 5.41) is 0. The molecule has 0 aromatic heterocycles. The number of rotatable bonds is 2. The van der Waals surface area contributed by atoms with E-state index in [0.29, 0.717) is 12.5 Å². The fourth-order valence-electron chi connectivity index (χ4n) is 1.96. The highest BCUT2D eigenvalue weighted by molar-refractivity contribution is 5.98. The highest BCUT2D eigenvalue weighted by atomic mass is 16.1. The van der Waals surface area contributed by atoms with Crippen LogP contribution in [0.4, 0.5) is 0 Å². The van der Waals surface area contributed by atoms with Crippen molar-refractivity contribution in [3.63, 3.8) is 0 Å². The van der Waals surface area contributed by atoms with Gasteiger partial charge in [-0.1, -0.05) is 0 Å². The second-order valence-electron chi connectivity index (χ2n) is 4.13. The molecule has 0 unspecified atom stereocenters. The zero-order chi connectivity index (χ0) is 9.42. The Morgan fingerprint density at radius 2 is 2.23 bits per heavy atom. The van der Waals surface area contributed by atoms with Gasteiger partial charge in [-0.15, -0.1) is 0 Å². The minimum atomic E-state index is 0.281. The highest BCUT2D eigenvalue weighted by Gasteiger charge is 2.29. The summed E-state index contributed by atoms with van der Waals surface area (Å²) in [5.41, 5.74) is 1.24. The maximum atomic E-state index is 10.8. The Hall–Kier alpha value is -0.830. The summed E-state index contributed by atoms with van der Waals surface area (Å²) in [6.07, 6.45) is 3.66. The average molecular weight is 180 g/mol. The van der Waals surface area contributed by atoms with Crippen LogP contribution < -0.4 is 0 Å². The molecule has 1 atom stereocenters. The van der Waals surface area contributed by atoms with E-state index >= 15 is 0 Å². The summed E-state index contributed by atoms with van der Waals surface area (Å²) < 4.78 is 0. The van der Waals surface area contributed by atoms with Crippen LogP contribution in [0.2, 0.25) is 0 Å². The van der Waals surface area contributed by atoms with Crippen LogP contribution in [0.1, 0.15) is 12.8 Å². The number of carbonyl (C=O) groups excluding carboxylic acids is 1. The van der Waals surface area contributed by atoms with E-state index in [4.69, 9.17) is 0 Å². The number of allylic oxidation sites excluding steroid dienone is 2. The summed E-state index contributed by atoms with van der Waals surface area (Å²) in [4.78, 5) is 15.4. The van der Waals surface area contributed by atoms with Gasteiger partial charge in [0.2, 0.25) is 0 Å². The van der Waals surface area contributed by atoms with Crippen LogP contribution in [0, 0.1) is 0 Å². The zero-order valence-corrected chi connectivity index (χ0v) is 8.29. The Bertz CT molecular complexity index is 258. The van der Waals surface area contributed by atoms with E-state index in [1.165, 1.54) is 12.1 Å². The normalized spacial score (nSPS) is 27.9. The maximum absolute atomic E-state index is 10.8. The number of nitrogens with zero attached hydrogens (tertiary/aromatic N) is 2. The Morgan fingerprint density at radius 3 is 2.69 bits per heavy atom. The molecule has 0 N–H and O–H groups in total. The third-order valence-electron chi connectivity index (χ3n) is 2.98. The standard InChI is InChI=1S/C10H16N2O/c1-11(2)8-3-4-12(7-8)9-5-10(13)6-9/h5,8H,3-4,6-7H2,1-2H3/t8-/m1/s1. The van der Waals surface area contributed by atoms with Crippen LogP contribution in [-0.4, -0.2) is 48.8 Å². The molecule has 0 radical (unpaired) electrons. The molecule has 0 spiro atoms. The fraction of sp³-hybridized carbons (Fsp3) is 0.700. The molecule has 1 fully saturated rings. The van der Waals surface area contributed by atoms with Gasteiger partial charge in [0.05, 0.1) is 6.42 Å². The van der Waals surface area contributed by atoms with Gasteiger partial charge in [0.25, 0.3) is 0 Å². The van der Waals surface area contributed by atoms with Crippen molar-refractivity contribution in [1.29, 1.82) is 0 Å².